The molecule has 2 unspecified atom stereocenters. The van der Waals surface area contributed by atoms with Gasteiger partial charge in [0.2, 0.25) is 0 Å². The number of nitrogens with two attached hydrogens (primary N) is 1. The lowest BCUT2D eigenvalue weighted by molar-refractivity contribution is 0.767. The minimum Gasteiger partial charge on any atom is -0.389 e. The van der Waals surface area contributed by atoms with Crippen LogP contribution in [0.2, 0.25) is 0 Å². The minimum atomic E-state index is 0.438. The highest BCUT2D eigenvalue weighted by Crippen LogP contribution is 2.34. The molecule has 2 rings (SSSR count). The number of thioether (sulfide) groups is 1. The maximum Gasteiger partial charge on any atom is 0.107 e. The molecule has 5 heteroatoms. The third kappa shape index (κ3) is 3.64. The highest BCUT2D eigenvalue weighted by molar-refractivity contribution is 9.10. The van der Waals surface area contributed by atoms with Gasteiger partial charge in [0, 0.05) is 27.0 Å². The number of nitrogens with one attached hydrogen (secondary N) is 1. The Labute approximate surface area is 133 Å². The van der Waals surface area contributed by atoms with Gasteiger partial charge in [0.15, 0.2) is 0 Å². The highest BCUT2D eigenvalue weighted by Gasteiger charge is 2.27. The maximum absolute atomic E-state index is 5.84. The fourth-order valence-electron chi connectivity index (χ4n) is 2.60. The lowest BCUT2D eigenvalue weighted by Gasteiger charge is -2.23. The van der Waals surface area contributed by atoms with Gasteiger partial charge in [0.25, 0.3) is 0 Å². The van der Waals surface area contributed by atoms with E-state index in [0.717, 1.165) is 15.7 Å². The SMILES string of the molecule is CCSC1CCCC1Nc1cccc(Br)c1C(N)=S. The lowest BCUT2D eigenvalue weighted by atomic mass is 10.1. The smallest absolute Gasteiger partial charge is 0.107 e. The summed E-state index contributed by atoms with van der Waals surface area (Å²) in [4.78, 5) is 0.438. The molecule has 19 heavy (non-hydrogen) atoms. The molecular formula is C14H19BrN2S2. The molecule has 0 radical (unpaired) electrons. The van der Waals surface area contributed by atoms with E-state index in [1.807, 2.05) is 23.9 Å². The standard InChI is InChI=1S/C14H19BrN2S2/c1-2-19-12-8-4-6-10(12)17-11-7-3-5-9(15)13(11)14(16)18/h3,5,7,10,12,17H,2,4,6,8H2,1H3,(H2,16,18). The van der Waals surface area contributed by atoms with Crippen LogP contribution in [0.25, 0.3) is 0 Å². The predicted molar refractivity (Wildman–Crippen MR) is 93.2 cm³/mol. The average Bonchev–Trinajstić information content (AvgIpc) is 2.77. The Balaban J connectivity index is 2.19. The molecule has 1 aliphatic carbocycles. The van der Waals surface area contributed by atoms with Crippen LogP contribution in [-0.4, -0.2) is 22.0 Å². The molecular weight excluding hydrogens is 340 g/mol. The van der Waals surface area contributed by atoms with Gasteiger partial charge >= 0.3 is 0 Å². The van der Waals surface area contributed by atoms with Gasteiger partial charge in [-0.25, -0.2) is 0 Å². The van der Waals surface area contributed by atoms with Gasteiger partial charge < -0.3 is 11.1 Å². The first-order valence-electron chi connectivity index (χ1n) is 6.60. The van der Waals surface area contributed by atoms with E-state index in [0.29, 0.717) is 16.3 Å². The van der Waals surface area contributed by atoms with Gasteiger partial charge in [-0.3, -0.25) is 0 Å². The molecule has 2 nitrogen and oxygen atoms in total. The Morgan fingerprint density at radius 2 is 2.32 bits per heavy atom. The van der Waals surface area contributed by atoms with E-state index in [1.165, 1.54) is 25.0 Å². The third-order valence-electron chi connectivity index (χ3n) is 3.43. The number of benzene rings is 1. The van der Waals surface area contributed by atoms with E-state index in [1.54, 1.807) is 0 Å². The Morgan fingerprint density at radius 3 is 3.00 bits per heavy atom. The molecule has 0 heterocycles. The van der Waals surface area contributed by atoms with Crippen LogP contribution in [0.3, 0.4) is 0 Å². The van der Waals surface area contributed by atoms with Gasteiger partial charge in [-0.1, -0.05) is 31.6 Å². The maximum atomic E-state index is 5.84. The number of halogens is 1. The summed E-state index contributed by atoms with van der Waals surface area (Å²) >= 11 is 10.7. The molecule has 0 bridgehead atoms. The van der Waals surface area contributed by atoms with Gasteiger partial charge in [0.1, 0.15) is 4.99 Å². The number of rotatable bonds is 5. The molecule has 1 fully saturated rings. The molecule has 104 valence electrons. The summed E-state index contributed by atoms with van der Waals surface area (Å²) < 4.78 is 0.961. The number of hydrogen-bond donors (Lipinski definition) is 2. The van der Waals surface area contributed by atoms with Crippen molar-refractivity contribution in [3.63, 3.8) is 0 Å². The van der Waals surface area contributed by atoms with Crippen LogP contribution >= 0.6 is 39.9 Å². The number of anilines is 1. The molecule has 1 aliphatic rings. The van der Waals surface area contributed by atoms with Crippen molar-refractivity contribution in [1.82, 2.24) is 0 Å². The van der Waals surface area contributed by atoms with Crippen LogP contribution in [0.15, 0.2) is 22.7 Å². The average molecular weight is 359 g/mol. The van der Waals surface area contributed by atoms with Crippen LogP contribution in [0.1, 0.15) is 31.7 Å². The van der Waals surface area contributed by atoms with Crippen LogP contribution in [0, 0.1) is 0 Å². The Kier molecular flexibility index (Phi) is 5.54. The molecule has 1 aromatic carbocycles. The van der Waals surface area contributed by atoms with E-state index < -0.39 is 0 Å². The van der Waals surface area contributed by atoms with Gasteiger partial charge in [0.05, 0.1) is 0 Å². The molecule has 0 amide bonds. The summed E-state index contributed by atoms with van der Waals surface area (Å²) in [5.74, 6) is 1.17. The molecule has 3 N–H and O–H groups in total. The van der Waals surface area contributed by atoms with E-state index in [2.05, 4.69) is 34.2 Å². The molecule has 0 spiro atoms. The summed E-state index contributed by atoms with van der Waals surface area (Å²) in [6.07, 6.45) is 3.82. The number of thiocarbonyl (C=S) groups is 1. The first-order valence-corrected chi connectivity index (χ1v) is 8.85. The Morgan fingerprint density at radius 1 is 1.53 bits per heavy atom. The largest absolute Gasteiger partial charge is 0.389 e. The Bertz CT molecular complexity index is 465. The van der Waals surface area contributed by atoms with Crippen LogP contribution in [0.5, 0.6) is 0 Å². The third-order valence-corrected chi connectivity index (χ3v) is 5.62. The normalized spacial score (nSPS) is 22.4. The summed E-state index contributed by atoms with van der Waals surface area (Å²) in [6.45, 7) is 2.22. The minimum absolute atomic E-state index is 0.438. The van der Waals surface area contributed by atoms with Gasteiger partial charge in [-0.2, -0.15) is 11.8 Å². The second-order valence-corrected chi connectivity index (χ2v) is 7.51. The van der Waals surface area contributed by atoms with Crippen molar-refractivity contribution < 1.29 is 0 Å². The fraction of sp³-hybridized carbons (Fsp3) is 0.500. The van der Waals surface area contributed by atoms with Crippen LogP contribution in [0.4, 0.5) is 5.69 Å². The highest BCUT2D eigenvalue weighted by atomic mass is 79.9. The summed E-state index contributed by atoms with van der Waals surface area (Å²) in [5, 5.41) is 4.35. The molecule has 0 aliphatic heterocycles. The molecule has 2 atom stereocenters. The Hall–Kier alpha value is -0.260. The molecule has 0 saturated heterocycles. The van der Waals surface area contributed by atoms with Crippen molar-refractivity contribution >= 4 is 50.6 Å². The molecule has 1 saturated carbocycles. The lowest BCUT2D eigenvalue weighted by Crippen LogP contribution is -2.27. The van der Waals surface area contributed by atoms with E-state index in [9.17, 15) is 0 Å². The van der Waals surface area contributed by atoms with Crippen LogP contribution < -0.4 is 11.1 Å². The molecule has 0 aromatic heterocycles. The summed E-state index contributed by atoms with van der Waals surface area (Å²) in [5.41, 5.74) is 7.81. The quantitative estimate of drug-likeness (QED) is 0.774. The zero-order valence-electron chi connectivity index (χ0n) is 11.0. The van der Waals surface area contributed by atoms with E-state index in [-0.39, 0.29) is 0 Å². The summed E-state index contributed by atoms with van der Waals surface area (Å²) in [7, 11) is 0. The fourth-order valence-corrected chi connectivity index (χ4v) is 4.73. The second kappa shape index (κ2) is 6.95. The van der Waals surface area contributed by atoms with Crippen molar-refractivity contribution in [2.75, 3.05) is 11.1 Å². The van der Waals surface area contributed by atoms with Gasteiger partial charge in [-0.15, -0.1) is 0 Å². The number of hydrogen-bond acceptors (Lipinski definition) is 3. The zero-order valence-corrected chi connectivity index (χ0v) is 14.2. The van der Waals surface area contributed by atoms with Crippen molar-refractivity contribution in [2.45, 2.75) is 37.5 Å². The van der Waals surface area contributed by atoms with E-state index >= 15 is 0 Å². The van der Waals surface area contributed by atoms with Crippen molar-refractivity contribution in [2.24, 2.45) is 5.73 Å². The van der Waals surface area contributed by atoms with Crippen LogP contribution in [-0.2, 0) is 0 Å². The molecule has 1 aromatic rings. The topological polar surface area (TPSA) is 38.0 Å². The van der Waals surface area contributed by atoms with E-state index in [4.69, 9.17) is 18.0 Å². The monoisotopic (exact) mass is 358 g/mol. The second-order valence-electron chi connectivity index (χ2n) is 4.70. The summed E-state index contributed by atoms with van der Waals surface area (Å²) in [6, 6.07) is 6.58. The first-order chi connectivity index (χ1) is 9.13. The first kappa shape index (κ1) is 15.1. The van der Waals surface area contributed by atoms with Crippen molar-refractivity contribution in [3.8, 4) is 0 Å². The van der Waals surface area contributed by atoms with Gasteiger partial charge in [-0.05, 0) is 46.7 Å². The predicted octanol–water partition coefficient (Wildman–Crippen LogP) is 4.17. The van der Waals surface area contributed by atoms with Crippen molar-refractivity contribution in [3.05, 3.63) is 28.2 Å². The van der Waals surface area contributed by atoms with Crippen molar-refractivity contribution in [1.29, 1.82) is 0 Å². The zero-order chi connectivity index (χ0) is 13.8.